The third kappa shape index (κ3) is 6.13. The number of aliphatic carboxylic acids is 1. The van der Waals surface area contributed by atoms with Gasteiger partial charge in [-0.2, -0.15) is 0 Å². The minimum Gasteiger partial charge on any atom is -0.481 e. The Balaban J connectivity index is 2.46. The molecular formula is C20H26N2O5. The summed E-state index contributed by atoms with van der Waals surface area (Å²) < 4.78 is 5.30. The third-order valence-corrected chi connectivity index (χ3v) is 4.05. The van der Waals surface area contributed by atoms with Crippen molar-refractivity contribution < 1.29 is 24.2 Å². The van der Waals surface area contributed by atoms with E-state index in [-0.39, 0.29) is 17.7 Å². The van der Waals surface area contributed by atoms with E-state index < -0.39 is 29.5 Å². The van der Waals surface area contributed by atoms with E-state index in [4.69, 9.17) is 4.74 Å². The highest BCUT2D eigenvalue weighted by atomic mass is 16.6. The van der Waals surface area contributed by atoms with Crippen molar-refractivity contribution in [3.8, 4) is 0 Å². The molecule has 1 fully saturated rings. The predicted molar refractivity (Wildman–Crippen MR) is 99.9 cm³/mol. The fourth-order valence-corrected chi connectivity index (χ4v) is 2.93. The molecule has 1 atom stereocenters. The second-order valence-corrected chi connectivity index (χ2v) is 7.47. The first-order valence-corrected chi connectivity index (χ1v) is 8.95. The number of nitrogens with one attached hydrogen (secondary N) is 2. The zero-order valence-electron chi connectivity index (χ0n) is 15.9. The summed E-state index contributed by atoms with van der Waals surface area (Å²) in [6.45, 7) is 5.59. The van der Waals surface area contributed by atoms with Crippen LogP contribution >= 0.6 is 0 Å². The first-order valence-electron chi connectivity index (χ1n) is 8.95. The van der Waals surface area contributed by atoms with Gasteiger partial charge in [-0.1, -0.05) is 30.3 Å². The summed E-state index contributed by atoms with van der Waals surface area (Å²) in [6.07, 6.45) is 0.365. The van der Waals surface area contributed by atoms with E-state index in [9.17, 15) is 19.5 Å². The van der Waals surface area contributed by atoms with Crippen LogP contribution in [0.5, 0.6) is 0 Å². The molecule has 2 amide bonds. The summed E-state index contributed by atoms with van der Waals surface area (Å²) in [5, 5.41) is 15.0. The molecule has 1 unspecified atom stereocenters. The van der Waals surface area contributed by atoms with E-state index in [1.807, 2.05) is 30.3 Å². The van der Waals surface area contributed by atoms with Gasteiger partial charge in [-0.05, 0) is 39.2 Å². The molecule has 1 aromatic rings. The second kappa shape index (κ2) is 8.70. The number of amides is 2. The Morgan fingerprint density at radius 3 is 2.52 bits per heavy atom. The first kappa shape index (κ1) is 20.5. The van der Waals surface area contributed by atoms with Crippen LogP contribution in [0.2, 0.25) is 0 Å². The van der Waals surface area contributed by atoms with E-state index in [0.717, 1.165) is 5.56 Å². The number of hydrogen-bond donors (Lipinski definition) is 3. The van der Waals surface area contributed by atoms with Gasteiger partial charge < -0.3 is 15.2 Å². The molecule has 7 nitrogen and oxygen atoms in total. The lowest BCUT2D eigenvalue weighted by atomic mass is 9.91. The molecule has 1 aromatic carbocycles. The standard InChI is InChI=1S/C20H26N2O5/c1-20(2,3)27-19(26)22-15(12-13-8-5-4-6-9-13)16-14(18(24)25)10-7-11-21-17(16)23/h4-6,8-9,14H,7,10-12H2,1-3H3,(H,21,23)(H,22,26)(H,24,25). The molecule has 27 heavy (non-hydrogen) atoms. The number of carboxylic acids is 1. The highest BCUT2D eigenvalue weighted by Gasteiger charge is 2.33. The van der Waals surface area contributed by atoms with Gasteiger partial charge in [-0.15, -0.1) is 0 Å². The lowest BCUT2D eigenvalue weighted by molar-refractivity contribution is -0.141. The number of benzene rings is 1. The average Bonchev–Trinajstić information content (AvgIpc) is 2.75. The molecule has 0 aromatic heterocycles. The Kier molecular flexibility index (Phi) is 6.60. The smallest absolute Gasteiger partial charge is 0.411 e. The zero-order chi connectivity index (χ0) is 20.0. The maximum absolute atomic E-state index is 12.6. The van der Waals surface area contributed by atoms with E-state index >= 15 is 0 Å². The average molecular weight is 374 g/mol. The van der Waals surface area contributed by atoms with Crippen LogP contribution in [-0.4, -0.2) is 35.2 Å². The van der Waals surface area contributed by atoms with Crippen LogP contribution in [0.25, 0.3) is 0 Å². The summed E-state index contributed by atoms with van der Waals surface area (Å²) in [4.78, 5) is 36.7. The molecule has 7 heteroatoms. The van der Waals surface area contributed by atoms with Gasteiger partial charge >= 0.3 is 12.1 Å². The molecule has 0 aliphatic carbocycles. The monoisotopic (exact) mass is 374 g/mol. The number of allylic oxidation sites excluding steroid dienone is 1. The fourth-order valence-electron chi connectivity index (χ4n) is 2.93. The number of alkyl carbamates (subject to hydrolysis) is 1. The lowest BCUT2D eigenvalue weighted by Crippen LogP contribution is -2.37. The van der Waals surface area contributed by atoms with Crippen LogP contribution in [0.15, 0.2) is 41.6 Å². The summed E-state index contributed by atoms with van der Waals surface area (Å²) >= 11 is 0. The highest BCUT2D eigenvalue weighted by Crippen LogP contribution is 2.25. The molecule has 0 radical (unpaired) electrons. The Morgan fingerprint density at radius 1 is 1.26 bits per heavy atom. The van der Waals surface area contributed by atoms with Crippen molar-refractivity contribution in [3.05, 3.63) is 47.2 Å². The number of carbonyl (C=O) groups excluding carboxylic acids is 2. The van der Waals surface area contributed by atoms with Crippen LogP contribution in [-0.2, 0) is 20.7 Å². The molecule has 146 valence electrons. The normalized spacial score (nSPS) is 19.5. The second-order valence-electron chi connectivity index (χ2n) is 7.47. The Bertz CT molecular complexity index is 734. The third-order valence-electron chi connectivity index (χ3n) is 4.05. The minimum absolute atomic E-state index is 0.0784. The Labute approximate surface area is 158 Å². The van der Waals surface area contributed by atoms with Crippen LogP contribution in [0.1, 0.15) is 39.2 Å². The van der Waals surface area contributed by atoms with E-state index in [0.29, 0.717) is 19.4 Å². The summed E-state index contributed by atoms with van der Waals surface area (Å²) in [5.74, 6) is -2.54. The summed E-state index contributed by atoms with van der Waals surface area (Å²) in [7, 11) is 0. The SMILES string of the molecule is CC(C)(C)OC(=O)NC(Cc1ccccc1)=C1C(=O)NCCCC1C(=O)O. The molecule has 1 aliphatic rings. The van der Waals surface area contributed by atoms with Gasteiger partial charge in [0.05, 0.1) is 11.5 Å². The van der Waals surface area contributed by atoms with E-state index in [1.165, 1.54) is 0 Å². The first-order chi connectivity index (χ1) is 12.7. The van der Waals surface area contributed by atoms with Crippen molar-refractivity contribution in [2.75, 3.05) is 6.54 Å². The van der Waals surface area contributed by atoms with Crippen molar-refractivity contribution >= 4 is 18.0 Å². The van der Waals surface area contributed by atoms with Gasteiger partial charge in [0.15, 0.2) is 0 Å². The van der Waals surface area contributed by atoms with Gasteiger partial charge in [-0.3, -0.25) is 14.9 Å². The quantitative estimate of drug-likeness (QED) is 0.703. The molecule has 1 aliphatic heterocycles. The van der Waals surface area contributed by atoms with Gasteiger partial charge in [-0.25, -0.2) is 4.79 Å². The van der Waals surface area contributed by atoms with Crippen LogP contribution in [0, 0.1) is 5.92 Å². The summed E-state index contributed by atoms with van der Waals surface area (Å²) in [6, 6.07) is 9.24. The number of ether oxygens (including phenoxy) is 1. The molecule has 1 heterocycles. The fraction of sp³-hybridized carbons (Fsp3) is 0.450. The minimum atomic E-state index is -1.08. The van der Waals surface area contributed by atoms with Crippen molar-refractivity contribution in [1.82, 2.24) is 10.6 Å². The number of rotatable bonds is 4. The lowest BCUT2D eigenvalue weighted by Gasteiger charge is -2.23. The Morgan fingerprint density at radius 2 is 1.93 bits per heavy atom. The largest absolute Gasteiger partial charge is 0.481 e. The molecule has 0 spiro atoms. The van der Waals surface area contributed by atoms with Gasteiger partial charge in [0, 0.05) is 18.7 Å². The molecule has 2 rings (SSSR count). The van der Waals surface area contributed by atoms with Crippen molar-refractivity contribution in [3.63, 3.8) is 0 Å². The number of carbonyl (C=O) groups is 3. The van der Waals surface area contributed by atoms with Crippen molar-refractivity contribution in [1.29, 1.82) is 0 Å². The van der Waals surface area contributed by atoms with E-state index in [1.54, 1.807) is 20.8 Å². The topological polar surface area (TPSA) is 105 Å². The number of carboxylic acid groups (broad SMARTS) is 1. The van der Waals surface area contributed by atoms with Crippen LogP contribution in [0.4, 0.5) is 4.79 Å². The van der Waals surface area contributed by atoms with Crippen molar-refractivity contribution in [2.45, 2.75) is 45.6 Å². The number of hydrogen-bond acceptors (Lipinski definition) is 4. The van der Waals surface area contributed by atoms with Gasteiger partial charge in [0.2, 0.25) is 5.91 Å². The highest BCUT2D eigenvalue weighted by molar-refractivity contribution is 6.00. The Hall–Kier alpha value is -2.83. The van der Waals surface area contributed by atoms with Crippen LogP contribution in [0.3, 0.4) is 0 Å². The molecule has 0 saturated carbocycles. The van der Waals surface area contributed by atoms with Gasteiger partial charge in [0.1, 0.15) is 5.60 Å². The van der Waals surface area contributed by atoms with E-state index in [2.05, 4.69) is 10.6 Å². The van der Waals surface area contributed by atoms with Crippen LogP contribution < -0.4 is 10.6 Å². The summed E-state index contributed by atoms with van der Waals surface area (Å²) in [5.41, 5.74) is 0.457. The zero-order valence-corrected chi connectivity index (χ0v) is 15.9. The maximum Gasteiger partial charge on any atom is 0.411 e. The molecular weight excluding hydrogens is 348 g/mol. The van der Waals surface area contributed by atoms with Crippen molar-refractivity contribution in [2.24, 2.45) is 5.92 Å². The van der Waals surface area contributed by atoms with Gasteiger partial charge in [0.25, 0.3) is 0 Å². The maximum atomic E-state index is 12.6. The molecule has 3 N–H and O–H groups in total. The molecule has 0 bridgehead atoms. The predicted octanol–water partition coefficient (Wildman–Crippen LogP) is 2.62. The molecule has 1 saturated heterocycles.